The van der Waals surface area contributed by atoms with Crippen molar-refractivity contribution in [2.24, 2.45) is 0 Å². The second-order valence-electron chi connectivity index (χ2n) is 6.35. The molecule has 0 aliphatic carbocycles. The Morgan fingerprint density at radius 2 is 1.96 bits per heavy atom. The summed E-state index contributed by atoms with van der Waals surface area (Å²) in [6, 6.07) is 12.7. The first-order valence-corrected chi connectivity index (χ1v) is 9.70. The van der Waals surface area contributed by atoms with Crippen molar-refractivity contribution < 1.29 is 9.59 Å². The molecular weight excluding hydrogens is 372 g/mol. The van der Waals surface area contributed by atoms with Gasteiger partial charge < -0.3 is 15.0 Å². The van der Waals surface area contributed by atoms with Crippen LogP contribution in [-0.2, 0) is 6.54 Å². The summed E-state index contributed by atoms with van der Waals surface area (Å²) >= 11 is 1.45. The van der Waals surface area contributed by atoms with Gasteiger partial charge in [0.25, 0.3) is 11.8 Å². The maximum absolute atomic E-state index is 12.7. The fraction of sp³-hybridized carbons (Fsp3) is 0.0952. The largest absolute Gasteiger partial charge is 0.346 e. The van der Waals surface area contributed by atoms with Gasteiger partial charge in [-0.25, -0.2) is 4.98 Å². The van der Waals surface area contributed by atoms with Crippen molar-refractivity contribution in [1.29, 1.82) is 0 Å². The summed E-state index contributed by atoms with van der Waals surface area (Å²) in [6.07, 6.45) is 3.82. The lowest BCUT2D eigenvalue weighted by molar-refractivity contribution is 0.0951. The Morgan fingerprint density at radius 3 is 2.75 bits per heavy atom. The Labute approximate surface area is 165 Å². The van der Waals surface area contributed by atoms with Crippen molar-refractivity contribution in [3.63, 3.8) is 0 Å². The number of hydrogen-bond acceptors (Lipinski definition) is 4. The fourth-order valence-electron chi connectivity index (χ4n) is 2.93. The molecule has 7 heteroatoms. The average Bonchev–Trinajstić information content (AvgIpc) is 3.37. The molecule has 0 aliphatic rings. The van der Waals surface area contributed by atoms with Crippen LogP contribution in [0.15, 0.2) is 65.6 Å². The summed E-state index contributed by atoms with van der Waals surface area (Å²) in [5.41, 5.74) is 4.16. The van der Waals surface area contributed by atoms with E-state index >= 15 is 0 Å². The second kappa shape index (κ2) is 7.66. The molecule has 140 valence electrons. The number of pyridine rings is 1. The summed E-state index contributed by atoms with van der Waals surface area (Å²) < 4.78 is 1.94. The highest BCUT2D eigenvalue weighted by molar-refractivity contribution is 7.08. The summed E-state index contributed by atoms with van der Waals surface area (Å²) in [5, 5.41) is 9.29. The van der Waals surface area contributed by atoms with Crippen molar-refractivity contribution >= 4 is 34.5 Å². The van der Waals surface area contributed by atoms with Gasteiger partial charge in [-0.3, -0.25) is 9.59 Å². The molecule has 4 aromatic rings. The highest BCUT2D eigenvalue weighted by Gasteiger charge is 2.15. The van der Waals surface area contributed by atoms with E-state index in [-0.39, 0.29) is 11.8 Å². The number of anilines is 1. The van der Waals surface area contributed by atoms with Crippen LogP contribution in [0.5, 0.6) is 0 Å². The number of carbonyl (C=O) groups is 2. The lowest BCUT2D eigenvalue weighted by atomic mass is 10.1. The van der Waals surface area contributed by atoms with E-state index in [1.54, 1.807) is 35.7 Å². The van der Waals surface area contributed by atoms with Gasteiger partial charge in [0.15, 0.2) is 0 Å². The first kappa shape index (κ1) is 17.9. The van der Waals surface area contributed by atoms with Gasteiger partial charge in [0.2, 0.25) is 0 Å². The van der Waals surface area contributed by atoms with Crippen LogP contribution in [0.25, 0.3) is 5.65 Å². The van der Waals surface area contributed by atoms with Crippen molar-refractivity contribution in [3.8, 4) is 0 Å². The summed E-state index contributed by atoms with van der Waals surface area (Å²) in [5.74, 6) is -0.507. The number of imidazole rings is 1. The van der Waals surface area contributed by atoms with E-state index in [1.165, 1.54) is 11.3 Å². The molecule has 0 bridgehead atoms. The first-order chi connectivity index (χ1) is 13.6. The third kappa shape index (κ3) is 3.65. The number of aromatic nitrogens is 2. The number of para-hydroxylation sites is 1. The zero-order valence-corrected chi connectivity index (χ0v) is 16.0. The van der Waals surface area contributed by atoms with Gasteiger partial charge in [-0.1, -0.05) is 18.2 Å². The minimum Gasteiger partial charge on any atom is -0.346 e. The molecule has 4 rings (SSSR count). The number of benzene rings is 1. The first-order valence-electron chi connectivity index (χ1n) is 8.76. The topological polar surface area (TPSA) is 75.5 Å². The average molecular weight is 390 g/mol. The number of carbonyl (C=O) groups excluding carboxylic acids is 2. The van der Waals surface area contributed by atoms with Gasteiger partial charge in [0, 0.05) is 17.8 Å². The Balaban J connectivity index is 1.48. The van der Waals surface area contributed by atoms with Crippen LogP contribution in [0.4, 0.5) is 5.69 Å². The Bertz CT molecular complexity index is 1150. The van der Waals surface area contributed by atoms with Crippen LogP contribution in [0.3, 0.4) is 0 Å². The fourth-order valence-corrected chi connectivity index (χ4v) is 3.57. The summed E-state index contributed by atoms with van der Waals surface area (Å²) in [7, 11) is 0. The molecule has 0 atom stereocenters. The standard InChI is InChI=1S/C21H18N4O2S/c1-14-5-4-9-25-12-16(23-19(14)25)11-22-21(27)17-6-2-3-7-18(17)24-20(26)15-8-10-28-13-15/h2-10,12-13H,11H2,1H3,(H,22,27)(H,24,26). The Morgan fingerprint density at radius 1 is 1.11 bits per heavy atom. The minimum absolute atomic E-state index is 0.239. The number of hydrogen-bond donors (Lipinski definition) is 2. The summed E-state index contributed by atoms with van der Waals surface area (Å²) in [4.78, 5) is 29.6. The normalized spacial score (nSPS) is 10.8. The van der Waals surface area contributed by atoms with Crippen molar-refractivity contribution in [2.45, 2.75) is 13.5 Å². The molecule has 28 heavy (non-hydrogen) atoms. The molecule has 0 saturated carbocycles. The number of nitrogens with zero attached hydrogens (tertiary/aromatic N) is 2. The van der Waals surface area contributed by atoms with E-state index in [2.05, 4.69) is 15.6 Å². The number of rotatable bonds is 5. The number of nitrogens with one attached hydrogen (secondary N) is 2. The van der Waals surface area contributed by atoms with E-state index in [9.17, 15) is 9.59 Å². The minimum atomic E-state index is -0.269. The van der Waals surface area contributed by atoms with Crippen LogP contribution in [0.1, 0.15) is 32.0 Å². The molecule has 0 fully saturated rings. The molecule has 3 heterocycles. The molecule has 0 saturated heterocycles. The molecule has 0 spiro atoms. The zero-order valence-electron chi connectivity index (χ0n) is 15.2. The molecule has 1 aromatic carbocycles. The monoisotopic (exact) mass is 390 g/mol. The molecule has 0 aliphatic heterocycles. The molecule has 0 unspecified atom stereocenters. The quantitative estimate of drug-likeness (QED) is 0.543. The van der Waals surface area contributed by atoms with Crippen LogP contribution >= 0.6 is 11.3 Å². The maximum Gasteiger partial charge on any atom is 0.256 e. The van der Waals surface area contributed by atoms with Crippen molar-refractivity contribution in [1.82, 2.24) is 14.7 Å². The SMILES string of the molecule is Cc1cccn2cc(CNC(=O)c3ccccc3NC(=O)c3ccsc3)nc12. The van der Waals surface area contributed by atoms with Gasteiger partial charge in [0.05, 0.1) is 29.1 Å². The van der Waals surface area contributed by atoms with Crippen molar-refractivity contribution in [3.05, 3.63) is 88.0 Å². The maximum atomic E-state index is 12.7. The van der Waals surface area contributed by atoms with E-state index < -0.39 is 0 Å². The highest BCUT2D eigenvalue weighted by atomic mass is 32.1. The third-order valence-corrected chi connectivity index (χ3v) is 5.04. The summed E-state index contributed by atoms with van der Waals surface area (Å²) in [6.45, 7) is 2.30. The van der Waals surface area contributed by atoms with E-state index in [0.717, 1.165) is 16.9 Å². The number of thiophene rings is 1. The predicted molar refractivity (Wildman–Crippen MR) is 110 cm³/mol. The third-order valence-electron chi connectivity index (χ3n) is 4.36. The van der Waals surface area contributed by atoms with Crippen LogP contribution < -0.4 is 10.6 Å². The van der Waals surface area contributed by atoms with Crippen LogP contribution in [0, 0.1) is 6.92 Å². The van der Waals surface area contributed by atoms with E-state index in [1.807, 2.05) is 41.2 Å². The number of aryl methyl sites for hydroxylation is 1. The second-order valence-corrected chi connectivity index (χ2v) is 7.13. The van der Waals surface area contributed by atoms with Crippen LogP contribution in [0.2, 0.25) is 0 Å². The molecule has 0 radical (unpaired) electrons. The number of fused-ring (bicyclic) bond motifs is 1. The Hall–Kier alpha value is -3.45. The van der Waals surface area contributed by atoms with Crippen molar-refractivity contribution in [2.75, 3.05) is 5.32 Å². The van der Waals surface area contributed by atoms with Gasteiger partial charge in [-0.2, -0.15) is 11.3 Å². The lowest BCUT2D eigenvalue weighted by Gasteiger charge is -2.10. The zero-order chi connectivity index (χ0) is 19.5. The molecular formula is C21H18N4O2S. The van der Waals surface area contributed by atoms with E-state index in [4.69, 9.17) is 0 Å². The highest BCUT2D eigenvalue weighted by Crippen LogP contribution is 2.17. The van der Waals surface area contributed by atoms with Gasteiger partial charge in [-0.05, 0) is 42.1 Å². The van der Waals surface area contributed by atoms with Crippen LogP contribution in [-0.4, -0.2) is 21.2 Å². The predicted octanol–water partition coefficient (Wildman–Crippen LogP) is 3.89. The number of amides is 2. The van der Waals surface area contributed by atoms with Gasteiger partial charge in [0.1, 0.15) is 5.65 Å². The molecule has 6 nitrogen and oxygen atoms in total. The molecule has 2 N–H and O–H groups in total. The van der Waals surface area contributed by atoms with Gasteiger partial charge in [-0.15, -0.1) is 0 Å². The molecule has 3 aromatic heterocycles. The smallest absolute Gasteiger partial charge is 0.256 e. The molecule has 2 amide bonds. The lowest BCUT2D eigenvalue weighted by Crippen LogP contribution is -2.25. The van der Waals surface area contributed by atoms with E-state index in [0.29, 0.717) is 23.4 Å². The Kier molecular flexibility index (Phi) is 4.90. The van der Waals surface area contributed by atoms with Gasteiger partial charge >= 0.3 is 0 Å².